The molecule has 20 heavy (non-hydrogen) atoms. The van der Waals surface area contributed by atoms with Crippen molar-refractivity contribution in [1.82, 2.24) is 0 Å². The quantitative estimate of drug-likeness (QED) is 0.821. The third-order valence-electron chi connectivity index (χ3n) is 3.04. The molecular formula is C16H17NO3. The highest BCUT2D eigenvalue weighted by molar-refractivity contribution is 5.91. The first-order valence-electron chi connectivity index (χ1n) is 6.34. The molecule has 4 heteroatoms. The van der Waals surface area contributed by atoms with Crippen molar-refractivity contribution in [2.75, 3.05) is 12.4 Å². The van der Waals surface area contributed by atoms with Crippen molar-refractivity contribution < 1.29 is 14.6 Å². The highest BCUT2D eigenvalue weighted by Gasteiger charge is 2.10. The van der Waals surface area contributed by atoms with Gasteiger partial charge in [-0.25, -0.2) is 4.79 Å². The van der Waals surface area contributed by atoms with Gasteiger partial charge in [0.2, 0.25) is 0 Å². The molecule has 2 N–H and O–H groups in total. The van der Waals surface area contributed by atoms with Crippen LogP contribution in [0.15, 0.2) is 48.5 Å². The number of esters is 1. The van der Waals surface area contributed by atoms with Crippen LogP contribution in [0.25, 0.3) is 0 Å². The van der Waals surface area contributed by atoms with Crippen molar-refractivity contribution in [3.63, 3.8) is 0 Å². The predicted octanol–water partition coefficient (Wildman–Crippen LogP) is 2.58. The zero-order chi connectivity index (χ0) is 14.4. The fourth-order valence-electron chi connectivity index (χ4n) is 1.91. The molecule has 0 unspecified atom stereocenters. The summed E-state index contributed by atoms with van der Waals surface area (Å²) < 4.78 is 4.76. The minimum Gasteiger partial charge on any atom is -0.465 e. The van der Waals surface area contributed by atoms with Crippen LogP contribution in [0.3, 0.4) is 0 Å². The number of hydrogen-bond donors (Lipinski definition) is 2. The third-order valence-corrected chi connectivity index (χ3v) is 3.04. The molecule has 0 aliphatic heterocycles. The molecule has 2 rings (SSSR count). The molecule has 0 amide bonds. The number of hydrogen-bond acceptors (Lipinski definition) is 4. The molecule has 0 bridgehead atoms. The molecule has 0 spiro atoms. The second kappa shape index (κ2) is 6.73. The van der Waals surface area contributed by atoms with E-state index in [-0.39, 0.29) is 12.6 Å². The third kappa shape index (κ3) is 3.36. The van der Waals surface area contributed by atoms with Crippen molar-refractivity contribution in [2.45, 2.75) is 13.2 Å². The molecule has 4 nitrogen and oxygen atoms in total. The van der Waals surface area contributed by atoms with Crippen molar-refractivity contribution in [1.29, 1.82) is 0 Å². The van der Waals surface area contributed by atoms with E-state index in [1.807, 2.05) is 42.5 Å². The van der Waals surface area contributed by atoms with Crippen LogP contribution < -0.4 is 5.32 Å². The van der Waals surface area contributed by atoms with Crippen LogP contribution in [-0.2, 0) is 17.9 Å². The molecule has 0 aliphatic carbocycles. The Bertz CT molecular complexity index is 579. The Morgan fingerprint density at radius 1 is 1.15 bits per heavy atom. The summed E-state index contributed by atoms with van der Waals surface area (Å²) in [7, 11) is 1.38. The van der Waals surface area contributed by atoms with Gasteiger partial charge < -0.3 is 15.2 Å². The van der Waals surface area contributed by atoms with Crippen molar-refractivity contribution in [3.8, 4) is 0 Å². The van der Waals surface area contributed by atoms with E-state index >= 15 is 0 Å². The SMILES string of the molecule is COC(=O)c1ccccc1CNc1ccc(CO)cc1. The second-order valence-electron chi connectivity index (χ2n) is 4.36. The lowest BCUT2D eigenvalue weighted by molar-refractivity contribution is 0.0599. The molecule has 0 saturated heterocycles. The van der Waals surface area contributed by atoms with E-state index in [4.69, 9.17) is 9.84 Å². The van der Waals surface area contributed by atoms with Crippen LogP contribution in [0.5, 0.6) is 0 Å². The van der Waals surface area contributed by atoms with E-state index in [0.717, 1.165) is 16.8 Å². The monoisotopic (exact) mass is 271 g/mol. The molecule has 0 atom stereocenters. The molecule has 104 valence electrons. The zero-order valence-corrected chi connectivity index (χ0v) is 11.3. The van der Waals surface area contributed by atoms with E-state index in [9.17, 15) is 4.79 Å². The summed E-state index contributed by atoms with van der Waals surface area (Å²) >= 11 is 0. The van der Waals surface area contributed by atoms with E-state index in [1.165, 1.54) is 7.11 Å². The summed E-state index contributed by atoms with van der Waals surface area (Å²) in [6, 6.07) is 14.8. The number of ether oxygens (including phenoxy) is 1. The van der Waals surface area contributed by atoms with Crippen LogP contribution in [0.2, 0.25) is 0 Å². The number of rotatable bonds is 5. The van der Waals surface area contributed by atoms with Gasteiger partial charge in [0.1, 0.15) is 0 Å². The lowest BCUT2D eigenvalue weighted by atomic mass is 10.1. The van der Waals surface area contributed by atoms with Crippen molar-refractivity contribution in [3.05, 3.63) is 65.2 Å². The standard InChI is InChI=1S/C16H17NO3/c1-20-16(19)15-5-3-2-4-13(15)10-17-14-8-6-12(11-18)7-9-14/h2-9,17-18H,10-11H2,1H3. The maximum Gasteiger partial charge on any atom is 0.338 e. The van der Waals surface area contributed by atoms with Gasteiger partial charge in [0.05, 0.1) is 19.3 Å². The van der Waals surface area contributed by atoms with Gasteiger partial charge in [-0.3, -0.25) is 0 Å². The Balaban J connectivity index is 2.08. The van der Waals surface area contributed by atoms with Crippen LogP contribution in [0.4, 0.5) is 5.69 Å². The Morgan fingerprint density at radius 2 is 1.85 bits per heavy atom. The number of methoxy groups -OCH3 is 1. The van der Waals surface area contributed by atoms with Crippen molar-refractivity contribution >= 4 is 11.7 Å². The van der Waals surface area contributed by atoms with Crippen LogP contribution in [0, 0.1) is 0 Å². The smallest absolute Gasteiger partial charge is 0.338 e. The van der Waals surface area contributed by atoms with E-state index < -0.39 is 0 Å². The maximum atomic E-state index is 11.7. The minimum absolute atomic E-state index is 0.0332. The Kier molecular flexibility index (Phi) is 4.74. The van der Waals surface area contributed by atoms with Gasteiger partial charge in [-0.15, -0.1) is 0 Å². The number of aliphatic hydroxyl groups is 1. The van der Waals surface area contributed by atoms with E-state index in [0.29, 0.717) is 12.1 Å². The highest BCUT2D eigenvalue weighted by atomic mass is 16.5. The van der Waals surface area contributed by atoms with Gasteiger partial charge in [-0.05, 0) is 29.3 Å². The Labute approximate surface area is 118 Å². The fraction of sp³-hybridized carbons (Fsp3) is 0.188. The molecule has 2 aromatic rings. The van der Waals surface area contributed by atoms with Gasteiger partial charge in [0.25, 0.3) is 0 Å². The number of carbonyl (C=O) groups is 1. The Morgan fingerprint density at radius 3 is 2.50 bits per heavy atom. The fourth-order valence-corrected chi connectivity index (χ4v) is 1.91. The lowest BCUT2D eigenvalue weighted by Crippen LogP contribution is -2.09. The average molecular weight is 271 g/mol. The molecule has 0 heterocycles. The first-order valence-corrected chi connectivity index (χ1v) is 6.34. The summed E-state index contributed by atoms with van der Waals surface area (Å²) in [6.07, 6.45) is 0. The molecule has 0 radical (unpaired) electrons. The highest BCUT2D eigenvalue weighted by Crippen LogP contribution is 2.14. The normalized spacial score (nSPS) is 10.1. The van der Waals surface area contributed by atoms with Crippen molar-refractivity contribution in [2.24, 2.45) is 0 Å². The van der Waals surface area contributed by atoms with Crippen LogP contribution in [-0.4, -0.2) is 18.2 Å². The maximum absolute atomic E-state index is 11.7. The minimum atomic E-state index is -0.335. The van der Waals surface area contributed by atoms with E-state index in [2.05, 4.69) is 5.32 Å². The zero-order valence-electron chi connectivity index (χ0n) is 11.3. The predicted molar refractivity (Wildman–Crippen MR) is 77.5 cm³/mol. The van der Waals surface area contributed by atoms with Gasteiger partial charge >= 0.3 is 5.97 Å². The number of benzene rings is 2. The lowest BCUT2D eigenvalue weighted by Gasteiger charge is -2.10. The summed E-state index contributed by atoms with van der Waals surface area (Å²) in [5.41, 5.74) is 3.24. The molecule has 0 saturated carbocycles. The van der Waals surface area contributed by atoms with Crippen LogP contribution >= 0.6 is 0 Å². The van der Waals surface area contributed by atoms with Gasteiger partial charge in [-0.1, -0.05) is 30.3 Å². The molecular weight excluding hydrogens is 254 g/mol. The second-order valence-corrected chi connectivity index (χ2v) is 4.36. The topological polar surface area (TPSA) is 58.6 Å². The summed E-state index contributed by atoms with van der Waals surface area (Å²) in [4.78, 5) is 11.7. The van der Waals surface area contributed by atoms with Crippen LogP contribution in [0.1, 0.15) is 21.5 Å². The number of aliphatic hydroxyl groups excluding tert-OH is 1. The number of carbonyl (C=O) groups excluding carboxylic acids is 1. The first kappa shape index (κ1) is 14.1. The molecule has 2 aromatic carbocycles. The molecule has 0 aromatic heterocycles. The Hall–Kier alpha value is -2.33. The summed E-state index contributed by atoms with van der Waals surface area (Å²) in [6.45, 7) is 0.565. The van der Waals surface area contributed by atoms with Gasteiger partial charge in [0.15, 0.2) is 0 Å². The summed E-state index contributed by atoms with van der Waals surface area (Å²) in [5, 5.41) is 12.2. The first-order chi connectivity index (χ1) is 9.74. The van der Waals surface area contributed by atoms with Gasteiger partial charge in [-0.2, -0.15) is 0 Å². The van der Waals surface area contributed by atoms with Gasteiger partial charge in [0, 0.05) is 12.2 Å². The number of nitrogens with one attached hydrogen (secondary N) is 1. The largest absolute Gasteiger partial charge is 0.465 e. The van der Waals surface area contributed by atoms with E-state index in [1.54, 1.807) is 6.07 Å². The number of anilines is 1. The molecule has 0 fully saturated rings. The average Bonchev–Trinajstić information content (AvgIpc) is 2.53. The molecule has 0 aliphatic rings. The summed E-state index contributed by atoms with van der Waals surface area (Å²) in [5.74, 6) is -0.335.